The van der Waals surface area contributed by atoms with Crippen molar-refractivity contribution in [2.24, 2.45) is 14.1 Å². The zero-order valence-electron chi connectivity index (χ0n) is 15.7. The van der Waals surface area contributed by atoms with Crippen molar-refractivity contribution in [2.75, 3.05) is 45.0 Å². The molecule has 1 aliphatic heterocycles. The minimum Gasteiger partial charge on any atom is -0.384 e. The standard InChI is InChI=1S/C18H25N5O3S/c1-20-16(19)15(17(25)21(2)18(20)26)14(24)12-23-9-7-22(8-10-23)6-5-13-4-3-11-27-13/h3-4,11H,5-10,12,19H2,1-2H3. The van der Waals surface area contributed by atoms with E-state index in [9.17, 15) is 14.4 Å². The largest absolute Gasteiger partial charge is 0.384 e. The number of aromatic nitrogens is 2. The summed E-state index contributed by atoms with van der Waals surface area (Å²) in [5.74, 6) is -0.404. The van der Waals surface area contributed by atoms with E-state index >= 15 is 0 Å². The topological polar surface area (TPSA) is 93.6 Å². The second-order valence-electron chi connectivity index (χ2n) is 6.84. The Morgan fingerprint density at radius 3 is 2.41 bits per heavy atom. The summed E-state index contributed by atoms with van der Waals surface area (Å²) in [6.07, 6.45) is 1.04. The summed E-state index contributed by atoms with van der Waals surface area (Å²) < 4.78 is 2.06. The highest BCUT2D eigenvalue weighted by Gasteiger charge is 2.24. The molecule has 0 amide bonds. The van der Waals surface area contributed by atoms with Crippen molar-refractivity contribution in [2.45, 2.75) is 6.42 Å². The highest BCUT2D eigenvalue weighted by atomic mass is 32.1. The van der Waals surface area contributed by atoms with Crippen molar-refractivity contribution >= 4 is 22.9 Å². The summed E-state index contributed by atoms with van der Waals surface area (Å²) in [6, 6.07) is 4.22. The van der Waals surface area contributed by atoms with Crippen LogP contribution in [0.15, 0.2) is 27.1 Å². The van der Waals surface area contributed by atoms with Crippen molar-refractivity contribution in [3.05, 3.63) is 48.8 Å². The maximum Gasteiger partial charge on any atom is 0.332 e. The Labute approximate surface area is 161 Å². The highest BCUT2D eigenvalue weighted by molar-refractivity contribution is 7.09. The predicted octanol–water partition coefficient (Wildman–Crippen LogP) is -0.229. The van der Waals surface area contributed by atoms with E-state index in [1.807, 2.05) is 4.90 Å². The van der Waals surface area contributed by atoms with Crippen molar-refractivity contribution in [1.82, 2.24) is 18.9 Å². The number of hydrogen-bond donors (Lipinski definition) is 1. The van der Waals surface area contributed by atoms with Crippen LogP contribution in [0, 0.1) is 0 Å². The lowest BCUT2D eigenvalue weighted by Crippen LogP contribution is -2.49. The molecule has 0 unspecified atom stereocenters. The number of carbonyl (C=O) groups is 1. The molecular weight excluding hydrogens is 366 g/mol. The second kappa shape index (κ2) is 8.20. The molecule has 0 atom stereocenters. The van der Waals surface area contributed by atoms with Gasteiger partial charge in [-0.1, -0.05) is 6.07 Å². The first-order valence-corrected chi connectivity index (χ1v) is 9.82. The summed E-state index contributed by atoms with van der Waals surface area (Å²) in [5.41, 5.74) is 4.61. The lowest BCUT2D eigenvalue weighted by molar-refractivity contribution is 0.0852. The summed E-state index contributed by atoms with van der Waals surface area (Å²) in [6.45, 7) is 4.45. The molecule has 3 heterocycles. The number of nitrogens with zero attached hydrogens (tertiary/aromatic N) is 4. The summed E-state index contributed by atoms with van der Waals surface area (Å²) in [7, 11) is 2.81. The SMILES string of the molecule is Cn1c(N)c(C(=O)CN2CCN(CCc3cccs3)CC2)c(=O)n(C)c1=O. The molecule has 0 aliphatic carbocycles. The Balaban J connectivity index is 1.59. The third-order valence-corrected chi connectivity index (χ3v) is 6.01. The number of piperazine rings is 1. The second-order valence-corrected chi connectivity index (χ2v) is 7.87. The first-order valence-electron chi connectivity index (χ1n) is 8.94. The highest BCUT2D eigenvalue weighted by Crippen LogP contribution is 2.12. The van der Waals surface area contributed by atoms with Gasteiger partial charge in [-0.2, -0.15) is 0 Å². The van der Waals surface area contributed by atoms with Gasteiger partial charge < -0.3 is 10.6 Å². The number of anilines is 1. The number of ketones is 1. The van der Waals surface area contributed by atoms with Crippen LogP contribution in [-0.4, -0.2) is 64.0 Å². The first kappa shape index (κ1) is 19.5. The lowest BCUT2D eigenvalue weighted by Gasteiger charge is -2.34. The lowest BCUT2D eigenvalue weighted by atomic mass is 10.1. The molecule has 8 nitrogen and oxygen atoms in total. The number of hydrogen-bond acceptors (Lipinski definition) is 7. The molecule has 0 bridgehead atoms. The first-order chi connectivity index (χ1) is 12.9. The Hall–Kier alpha value is -2.23. The van der Waals surface area contributed by atoms with E-state index < -0.39 is 11.2 Å². The Kier molecular flexibility index (Phi) is 5.93. The molecule has 146 valence electrons. The number of carbonyl (C=O) groups excluding carboxylic acids is 1. The van der Waals surface area contributed by atoms with Crippen LogP contribution >= 0.6 is 11.3 Å². The van der Waals surface area contributed by atoms with Crippen LogP contribution in [0.5, 0.6) is 0 Å². The maximum absolute atomic E-state index is 12.7. The molecule has 2 aromatic rings. The van der Waals surface area contributed by atoms with Crippen LogP contribution in [0.3, 0.4) is 0 Å². The van der Waals surface area contributed by atoms with Crippen molar-refractivity contribution < 1.29 is 4.79 Å². The van der Waals surface area contributed by atoms with Gasteiger partial charge in [0, 0.05) is 51.7 Å². The fraction of sp³-hybridized carbons (Fsp3) is 0.500. The minimum atomic E-state index is -0.629. The van der Waals surface area contributed by atoms with Crippen LogP contribution in [0.2, 0.25) is 0 Å². The van der Waals surface area contributed by atoms with E-state index in [1.165, 1.54) is 19.0 Å². The van der Waals surface area contributed by atoms with Gasteiger partial charge in [0.05, 0.1) is 6.54 Å². The smallest absolute Gasteiger partial charge is 0.332 e. The summed E-state index contributed by atoms with van der Waals surface area (Å²) >= 11 is 1.77. The Bertz CT molecular complexity index is 924. The molecule has 1 fully saturated rings. The minimum absolute atomic E-state index is 0.0670. The Morgan fingerprint density at radius 1 is 1.11 bits per heavy atom. The van der Waals surface area contributed by atoms with Crippen molar-refractivity contribution in [3.8, 4) is 0 Å². The molecular formula is C18H25N5O3S. The van der Waals surface area contributed by atoms with Crippen LogP contribution in [0.4, 0.5) is 5.82 Å². The average Bonchev–Trinajstić information content (AvgIpc) is 3.18. The summed E-state index contributed by atoms with van der Waals surface area (Å²) in [4.78, 5) is 42.7. The molecule has 0 aromatic carbocycles. The molecule has 0 saturated carbocycles. The summed E-state index contributed by atoms with van der Waals surface area (Å²) in [5, 5.41) is 2.09. The van der Waals surface area contributed by atoms with Crippen molar-refractivity contribution in [3.63, 3.8) is 0 Å². The van der Waals surface area contributed by atoms with Gasteiger partial charge in [-0.05, 0) is 17.9 Å². The van der Waals surface area contributed by atoms with Gasteiger partial charge >= 0.3 is 5.69 Å². The van der Waals surface area contributed by atoms with Gasteiger partial charge in [-0.25, -0.2) is 4.79 Å². The molecule has 2 N–H and O–H groups in total. The van der Waals surface area contributed by atoms with Crippen molar-refractivity contribution in [1.29, 1.82) is 0 Å². The van der Waals surface area contributed by atoms with Gasteiger partial charge in [0.2, 0.25) is 0 Å². The van der Waals surface area contributed by atoms with Crippen LogP contribution in [0.1, 0.15) is 15.2 Å². The van der Waals surface area contributed by atoms with E-state index in [0.29, 0.717) is 0 Å². The molecule has 1 saturated heterocycles. The van der Waals surface area contributed by atoms with E-state index in [4.69, 9.17) is 5.73 Å². The molecule has 0 spiro atoms. The van der Waals surface area contributed by atoms with Gasteiger partial charge in [0.15, 0.2) is 5.78 Å². The molecule has 2 aromatic heterocycles. The quantitative estimate of drug-likeness (QED) is 0.684. The molecule has 1 aliphatic rings. The molecule has 0 radical (unpaired) electrons. The van der Waals surface area contributed by atoms with Gasteiger partial charge in [-0.3, -0.25) is 23.6 Å². The normalized spacial score (nSPS) is 15.9. The zero-order valence-corrected chi connectivity index (χ0v) is 16.5. The van der Waals surface area contributed by atoms with E-state index in [1.54, 1.807) is 11.3 Å². The monoisotopic (exact) mass is 391 g/mol. The number of Topliss-reactive ketones (excluding diaryl/α,β-unsaturated/α-hetero) is 1. The van der Waals surface area contributed by atoms with E-state index in [2.05, 4.69) is 22.4 Å². The fourth-order valence-corrected chi connectivity index (χ4v) is 4.00. The fourth-order valence-electron chi connectivity index (χ4n) is 3.30. The van der Waals surface area contributed by atoms with Crippen LogP contribution in [-0.2, 0) is 20.5 Å². The predicted molar refractivity (Wildman–Crippen MR) is 107 cm³/mol. The third-order valence-electron chi connectivity index (χ3n) is 5.08. The van der Waals surface area contributed by atoms with Gasteiger partial charge in [0.1, 0.15) is 11.4 Å². The van der Waals surface area contributed by atoms with Crippen LogP contribution < -0.4 is 17.0 Å². The Morgan fingerprint density at radius 2 is 1.78 bits per heavy atom. The number of thiophene rings is 1. The number of nitrogen functional groups attached to an aromatic ring is 1. The zero-order chi connectivity index (χ0) is 19.6. The number of rotatable bonds is 6. The molecule has 27 heavy (non-hydrogen) atoms. The average molecular weight is 391 g/mol. The van der Waals surface area contributed by atoms with Gasteiger partial charge in [0.25, 0.3) is 5.56 Å². The molecule has 9 heteroatoms. The van der Waals surface area contributed by atoms with Gasteiger partial charge in [-0.15, -0.1) is 11.3 Å². The maximum atomic E-state index is 12.7. The molecule has 3 rings (SSSR count). The van der Waals surface area contributed by atoms with Crippen LogP contribution in [0.25, 0.3) is 0 Å². The number of nitrogens with two attached hydrogens (primary N) is 1. The third kappa shape index (κ3) is 4.20. The van der Waals surface area contributed by atoms with E-state index in [-0.39, 0.29) is 23.7 Å². The van der Waals surface area contributed by atoms with E-state index in [0.717, 1.165) is 48.3 Å².